The van der Waals surface area contributed by atoms with Crippen LogP contribution >= 0.6 is 0 Å². The van der Waals surface area contributed by atoms with Crippen LogP contribution in [0.1, 0.15) is 36.8 Å². The first-order valence-electron chi connectivity index (χ1n) is 11.4. The molecule has 4 aromatic rings. The van der Waals surface area contributed by atoms with Crippen molar-refractivity contribution in [2.75, 3.05) is 6.79 Å². The van der Waals surface area contributed by atoms with Crippen molar-refractivity contribution in [1.29, 1.82) is 0 Å². The molecule has 0 bridgehead atoms. The fraction of sp³-hybridized carbons (Fsp3) is 0.280. The summed E-state index contributed by atoms with van der Waals surface area (Å²) >= 11 is 0. The molecule has 0 aliphatic carbocycles. The van der Waals surface area contributed by atoms with E-state index in [0.717, 1.165) is 35.1 Å². The zero-order valence-corrected chi connectivity index (χ0v) is 19.2. The molecule has 0 spiro atoms. The molecule has 178 valence electrons. The number of fused-ring (bicyclic) bond motifs is 2. The number of nitrogens with zero attached hydrogens (tertiary/aromatic N) is 6. The maximum Gasteiger partial charge on any atom is 0.331 e. The van der Waals surface area contributed by atoms with Crippen LogP contribution in [0.25, 0.3) is 16.6 Å². The number of hydrogen-bond acceptors (Lipinski definition) is 8. The molecule has 0 unspecified atom stereocenters. The molecular weight excluding hydrogens is 448 g/mol. The van der Waals surface area contributed by atoms with Crippen molar-refractivity contribution in [1.82, 2.24) is 30.2 Å². The van der Waals surface area contributed by atoms with Crippen LogP contribution in [0.4, 0.5) is 0 Å². The number of pyridine rings is 2. The molecule has 4 heterocycles. The van der Waals surface area contributed by atoms with Gasteiger partial charge in [-0.3, -0.25) is 0 Å². The SMILES string of the molecule is CCC(C(=O)O)=C(Cn1nnnc1CCCc1ccc2cccnc2n1)c1ccc2c(c1)OCO2. The van der Waals surface area contributed by atoms with E-state index in [2.05, 4.69) is 25.5 Å². The highest BCUT2D eigenvalue weighted by Crippen LogP contribution is 2.36. The summed E-state index contributed by atoms with van der Waals surface area (Å²) in [5.41, 5.74) is 3.36. The Morgan fingerprint density at radius 2 is 2.00 bits per heavy atom. The van der Waals surface area contributed by atoms with Gasteiger partial charge in [0.05, 0.1) is 6.54 Å². The molecule has 0 radical (unpaired) electrons. The first-order valence-corrected chi connectivity index (χ1v) is 11.4. The third-order valence-corrected chi connectivity index (χ3v) is 5.97. The van der Waals surface area contributed by atoms with Crippen molar-refractivity contribution in [3.05, 3.63) is 71.3 Å². The van der Waals surface area contributed by atoms with E-state index in [0.29, 0.717) is 41.3 Å². The third-order valence-electron chi connectivity index (χ3n) is 5.97. The van der Waals surface area contributed by atoms with Gasteiger partial charge in [0.2, 0.25) is 6.79 Å². The summed E-state index contributed by atoms with van der Waals surface area (Å²) in [5, 5.41) is 23.0. The molecule has 35 heavy (non-hydrogen) atoms. The van der Waals surface area contributed by atoms with Crippen molar-refractivity contribution < 1.29 is 19.4 Å². The minimum absolute atomic E-state index is 0.149. The van der Waals surface area contributed by atoms with E-state index in [9.17, 15) is 9.90 Å². The Morgan fingerprint density at radius 1 is 1.11 bits per heavy atom. The second-order valence-electron chi connectivity index (χ2n) is 8.14. The minimum atomic E-state index is -0.967. The van der Waals surface area contributed by atoms with Gasteiger partial charge in [-0.15, -0.1) is 5.10 Å². The first kappa shape index (κ1) is 22.5. The van der Waals surface area contributed by atoms with E-state index in [1.807, 2.05) is 37.3 Å². The van der Waals surface area contributed by atoms with Gasteiger partial charge >= 0.3 is 5.97 Å². The van der Waals surface area contributed by atoms with Crippen LogP contribution in [-0.2, 0) is 24.2 Å². The van der Waals surface area contributed by atoms with E-state index >= 15 is 0 Å². The van der Waals surface area contributed by atoms with E-state index in [1.165, 1.54) is 0 Å². The molecule has 0 atom stereocenters. The lowest BCUT2D eigenvalue weighted by Gasteiger charge is -2.14. The highest BCUT2D eigenvalue weighted by atomic mass is 16.7. The second kappa shape index (κ2) is 9.88. The molecule has 5 rings (SSSR count). The minimum Gasteiger partial charge on any atom is -0.478 e. The predicted molar refractivity (Wildman–Crippen MR) is 127 cm³/mol. The number of aliphatic carboxylic acids is 1. The zero-order chi connectivity index (χ0) is 24.2. The molecule has 0 saturated carbocycles. The Kier molecular flexibility index (Phi) is 6.34. The number of rotatable bonds is 9. The number of carboxylic acids is 1. The van der Waals surface area contributed by atoms with Gasteiger partial charge in [-0.05, 0) is 77.2 Å². The average Bonchev–Trinajstić information content (AvgIpc) is 3.52. The molecule has 1 aliphatic rings. The molecule has 1 aliphatic heterocycles. The van der Waals surface area contributed by atoms with Crippen LogP contribution in [-0.4, -0.2) is 48.0 Å². The number of ether oxygens (including phenoxy) is 2. The molecule has 10 heteroatoms. The Bertz CT molecular complexity index is 1410. The fourth-order valence-corrected chi connectivity index (χ4v) is 4.17. The van der Waals surface area contributed by atoms with Gasteiger partial charge in [-0.25, -0.2) is 19.4 Å². The number of tetrazole rings is 1. The fourth-order valence-electron chi connectivity index (χ4n) is 4.17. The number of allylic oxidation sites excluding steroid dienone is 1. The lowest BCUT2D eigenvalue weighted by Crippen LogP contribution is -2.12. The van der Waals surface area contributed by atoms with Crippen LogP contribution in [0.15, 0.2) is 54.2 Å². The number of benzene rings is 1. The number of aryl methyl sites for hydroxylation is 2. The summed E-state index contributed by atoms with van der Waals surface area (Å²) in [6, 6.07) is 13.3. The van der Waals surface area contributed by atoms with Crippen LogP contribution in [0.2, 0.25) is 0 Å². The molecule has 0 saturated heterocycles. The molecule has 10 nitrogen and oxygen atoms in total. The molecule has 1 N–H and O–H groups in total. The number of carboxylic acid groups (broad SMARTS) is 1. The molecule has 1 aromatic carbocycles. The number of hydrogen-bond donors (Lipinski definition) is 1. The van der Waals surface area contributed by atoms with Crippen molar-refractivity contribution >= 4 is 22.6 Å². The van der Waals surface area contributed by atoms with Crippen molar-refractivity contribution in [3.63, 3.8) is 0 Å². The Hall–Kier alpha value is -4.34. The van der Waals surface area contributed by atoms with Gasteiger partial charge in [0, 0.05) is 29.3 Å². The normalized spacial score (nSPS) is 13.2. The summed E-state index contributed by atoms with van der Waals surface area (Å²) in [6.07, 6.45) is 4.25. The topological polar surface area (TPSA) is 125 Å². The summed E-state index contributed by atoms with van der Waals surface area (Å²) in [5.74, 6) is 0.950. The molecule has 0 amide bonds. The molecule has 3 aromatic heterocycles. The van der Waals surface area contributed by atoms with Crippen LogP contribution in [0.3, 0.4) is 0 Å². The Balaban J connectivity index is 1.34. The van der Waals surface area contributed by atoms with Gasteiger partial charge in [0.1, 0.15) is 0 Å². The molecular formula is C25H24N6O4. The van der Waals surface area contributed by atoms with Crippen LogP contribution in [0, 0.1) is 0 Å². The first-order chi connectivity index (χ1) is 17.1. The molecule has 0 fully saturated rings. The van der Waals surface area contributed by atoms with E-state index < -0.39 is 5.97 Å². The monoisotopic (exact) mass is 472 g/mol. The lowest BCUT2D eigenvalue weighted by molar-refractivity contribution is -0.132. The lowest BCUT2D eigenvalue weighted by atomic mass is 9.97. The number of aromatic nitrogens is 6. The maximum absolute atomic E-state index is 12.0. The Morgan fingerprint density at radius 3 is 2.86 bits per heavy atom. The zero-order valence-electron chi connectivity index (χ0n) is 19.2. The quantitative estimate of drug-likeness (QED) is 0.364. The standard InChI is InChI=1S/C25H24N6O4/c1-2-19(25(32)33)20(17-9-11-21-22(13-17)35-15-34-21)14-31-23(28-29-30-31)7-3-6-18-10-8-16-5-4-12-26-24(16)27-18/h4-5,8-13H,2-3,6-7,14-15H2,1H3,(H,32,33). The van der Waals surface area contributed by atoms with E-state index in [-0.39, 0.29) is 13.3 Å². The largest absolute Gasteiger partial charge is 0.478 e. The van der Waals surface area contributed by atoms with Crippen molar-refractivity contribution in [2.24, 2.45) is 0 Å². The predicted octanol–water partition coefficient (Wildman–Crippen LogP) is 3.47. The van der Waals surface area contributed by atoms with Crippen molar-refractivity contribution in [3.8, 4) is 11.5 Å². The smallest absolute Gasteiger partial charge is 0.331 e. The summed E-state index contributed by atoms with van der Waals surface area (Å²) < 4.78 is 12.6. The summed E-state index contributed by atoms with van der Waals surface area (Å²) in [4.78, 5) is 21.0. The van der Waals surface area contributed by atoms with Gasteiger partial charge < -0.3 is 14.6 Å². The van der Waals surface area contributed by atoms with Gasteiger partial charge in [0.15, 0.2) is 23.0 Å². The van der Waals surface area contributed by atoms with Crippen LogP contribution < -0.4 is 9.47 Å². The third kappa shape index (κ3) is 4.81. The van der Waals surface area contributed by atoms with Gasteiger partial charge in [-0.1, -0.05) is 13.0 Å². The summed E-state index contributed by atoms with van der Waals surface area (Å²) in [6.45, 7) is 2.20. The average molecular weight is 473 g/mol. The maximum atomic E-state index is 12.0. The van der Waals surface area contributed by atoms with E-state index in [4.69, 9.17) is 9.47 Å². The second-order valence-corrected chi connectivity index (χ2v) is 8.14. The van der Waals surface area contributed by atoms with Crippen molar-refractivity contribution in [2.45, 2.75) is 39.2 Å². The van der Waals surface area contributed by atoms with Gasteiger partial charge in [-0.2, -0.15) is 0 Å². The summed E-state index contributed by atoms with van der Waals surface area (Å²) in [7, 11) is 0. The van der Waals surface area contributed by atoms with Gasteiger partial charge in [0.25, 0.3) is 0 Å². The highest BCUT2D eigenvalue weighted by molar-refractivity contribution is 5.96. The Labute approximate surface area is 201 Å². The number of carbonyl (C=O) groups is 1. The van der Waals surface area contributed by atoms with Crippen LogP contribution in [0.5, 0.6) is 11.5 Å². The van der Waals surface area contributed by atoms with E-state index in [1.54, 1.807) is 23.0 Å². The highest BCUT2D eigenvalue weighted by Gasteiger charge is 2.21.